The second-order valence-corrected chi connectivity index (χ2v) is 8.09. The molecule has 6 nitrogen and oxygen atoms in total. The number of aliphatic imine (C=N–C) groups is 1. The van der Waals surface area contributed by atoms with Gasteiger partial charge in [-0.1, -0.05) is 12.1 Å². The van der Waals surface area contributed by atoms with Gasteiger partial charge in [0, 0.05) is 31.9 Å². The summed E-state index contributed by atoms with van der Waals surface area (Å²) in [6.07, 6.45) is 3.43. The van der Waals surface area contributed by atoms with Gasteiger partial charge >= 0.3 is 0 Å². The molecular weight excluding hydrogens is 497 g/mol. The van der Waals surface area contributed by atoms with Crippen molar-refractivity contribution in [1.29, 1.82) is 0 Å². The van der Waals surface area contributed by atoms with Crippen LogP contribution >= 0.6 is 35.3 Å². The summed E-state index contributed by atoms with van der Waals surface area (Å²) in [5.41, 5.74) is 2.42. The molecule has 1 aliphatic rings. The number of nitrogens with zero attached hydrogens (tertiary/aromatic N) is 3. The predicted molar refractivity (Wildman–Crippen MR) is 132 cm³/mol. The van der Waals surface area contributed by atoms with Crippen molar-refractivity contribution in [3.05, 3.63) is 45.9 Å². The lowest BCUT2D eigenvalue weighted by atomic mass is 10.1. The van der Waals surface area contributed by atoms with Crippen molar-refractivity contribution in [1.82, 2.24) is 20.5 Å². The fraction of sp³-hybridized carbons (Fsp3) is 0.524. The monoisotopic (exact) mass is 529 g/mol. The summed E-state index contributed by atoms with van der Waals surface area (Å²) < 4.78 is 5.43. The highest BCUT2D eigenvalue weighted by Crippen LogP contribution is 2.27. The molecule has 2 heterocycles. The summed E-state index contributed by atoms with van der Waals surface area (Å²) in [6.45, 7) is 5.94. The van der Waals surface area contributed by atoms with Crippen LogP contribution in [0.15, 0.2) is 34.6 Å². The molecule has 0 aliphatic carbocycles. The number of benzene rings is 1. The Bertz CT molecular complexity index is 776. The number of halogens is 1. The maximum atomic E-state index is 5.43. The Hall–Kier alpha value is -1.39. The van der Waals surface area contributed by atoms with Gasteiger partial charge in [-0.3, -0.25) is 9.89 Å². The van der Waals surface area contributed by atoms with Crippen LogP contribution in [0.4, 0.5) is 0 Å². The highest BCUT2D eigenvalue weighted by atomic mass is 127. The van der Waals surface area contributed by atoms with E-state index in [1.54, 1.807) is 18.4 Å². The molecule has 160 valence electrons. The van der Waals surface area contributed by atoms with E-state index in [9.17, 15) is 0 Å². The molecule has 1 aromatic carbocycles. The lowest BCUT2D eigenvalue weighted by molar-refractivity contribution is 0.245. The van der Waals surface area contributed by atoms with Crippen LogP contribution < -0.4 is 15.4 Å². The van der Waals surface area contributed by atoms with Crippen LogP contribution in [-0.2, 0) is 6.42 Å². The second-order valence-electron chi connectivity index (χ2n) is 7.02. The van der Waals surface area contributed by atoms with Crippen molar-refractivity contribution in [2.45, 2.75) is 32.2 Å². The molecule has 0 radical (unpaired) electrons. The fourth-order valence-electron chi connectivity index (χ4n) is 3.61. The van der Waals surface area contributed by atoms with Gasteiger partial charge in [-0.2, -0.15) is 0 Å². The average molecular weight is 529 g/mol. The molecule has 29 heavy (non-hydrogen) atoms. The Morgan fingerprint density at radius 2 is 2.10 bits per heavy atom. The average Bonchev–Trinajstić information content (AvgIpc) is 3.39. The number of thiazole rings is 1. The van der Waals surface area contributed by atoms with E-state index in [0.717, 1.165) is 55.0 Å². The first-order chi connectivity index (χ1) is 13.7. The molecule has 0 saturated carbocycles. The van der Waals surface area contributed by atoms with Crippen LogP contribution in [0.1, 0.15) is 35.1 Å². The van der Waals surface area contributed by atoms with Gasteiger partial charge in [0.05, 0.1) is 23.9 Å². The van der Waals surface area contributed by atoms with E-state index in [-0.39, 0.29) is 24.0 Å². The number of ether oxygens (including phenoxy) is 1. The highest BCUT2D eigenvalue weighted by Gasteiger charge is 2.24. The molecular formula is C21H32IN5OS. The first-order valence-electron chi connectivity index (χ1n) is 9.93. The van der Waals surface area contributed by atoms with Gasteiger partial charge in [-0.25, -0.2) is 4.98 Å². The Morgan fingerprint density at radius 3 is 2.76 bits per heavy atom. The number of hydrogen-bond acceptors (Lipinski definition) is 5. The van der Waals surface area contributed by atoms with Gasteiger partial charge in [0.2, 0.25) is 0 Å². The largest absolute Gasteiger partial charge is 0.497 e. The minimum absolute atomic E-state index is 0. The Morgan fingerprint density at radius 1 is 1.31 bits per heavy atom. The zero-order chi connectivity index (χ0) is 19.8. The molecule has 0 spiro atoms. The van der Waals surface area contributed by atoms with Crippen molar-refractivity contribution in [3.8, 4) is 5.75 Å². The van der Waals surface area contributed by atoms with E-state index in [1.807, 2.05) is 20.0 Å². The number of methoxy groups -OCH3 is 1. The first kappa shape index (κ1) is 23.9. The molecule has 1 aromatic heterocycles. The van der Waals surface area contributed by atoms with Gasteiger partial charge < -0.3 is 15.4 Å². The van der Waals surface area contributed by atoms with Crippen LogP contribution in [0.25, 0.3) is 0 Å². The van der Waals surface area contributed by atoms with E-state index >= 15 is 0 Å². The van der Waals surface area contributed by atoms with Crippen molar-refractivity contribution < 1.29 is 4.74 Å². The molecule has 1 atom stereocenters. The molecule has 3 rings (SSSR count). The summed E-state index contributed by atoms with van der Waals surface area (Å²) in [6, 6.07) is 8.70. The summed E-state index contributed by atoms with van der Waals surface area (Å²) in [7, 11) is 3.54. The number of aromatic nitrogens is 1. The normalized spacial score (nSPS) is 15.6. The van der Waals surface area contributed by atoms with Crippen molar-refractivity contribution in [3.63, 3.8) is 0 Å². The smallest absolute Gasteiger partial charge is 0.191 e. The minimum Gasteiger partial charge on any atom is -0.497 e. The summed E-state index contributed by atoms with van der Waals surface area (Å²) in [4.78, 5) is 11.4. The van der Waals surface area contributed by atoms with Gasteiger partial charge in [0.25, 0.3) is 0 Å². The number of guanidine groups is 1. The maximum absolute atomic E-state index is 5.43. The number of rotatable bonds is 8. The standard InChI is InChI=1S/C21H31N5OS.HI/c1-16-25-18(15-28-16)9-10-23-21(22-2)24-14-20(26-11-4-5-12-26)17-7-6-8-19(13-17)27-3;/h6-8,13,15,20H,4-5,9-12,14H2,1-3H3,(H2,22,23,24);1H. The van der Waals surface area contributed by atoms with Crippen LogP contribution in [0, 0.1) is 6.92 Å². The van der Waals surface area contributed by atoms with Crippen LogP contribution in [0.2, 0.25) is 0 Å². The molecule has 0 amide bonds. The lowest BCUT2D eigenvalue weighted by Crippen LogP contribution is -2.43. The third kappa shape index (κ3) is 7.11. The summed E-state index contributed by atoms with van der Waals surface area (Å²) in [5.74, 6) is 1.74. The van der Waals surface area contributed by atoms with E-state index in [4.69, 9.17) is 4.74 Å². The van der Waals surface area contributed by atoms with Crippen LogP contribution in [-0.4, -0.2) is 56.2 Å². The molecule has 8 heteroatoms. The van der Waals surface area contributed by atoms with Gasteiger partial charge in [0.1, 0.15) is 5.75 Å². The van der Waals surface area contributed by atoms with Crippen molar-refractivity contribution in [2.75, 3.05) is 40.3 Å². The number of hydrogen-bond donors (Lipinski definition) is 2. The Kier molecular flexibility index (Phi) is 10.2. The van der Waals surface area contributed by atoms with Gasteiger partial charge in [-0.05, 0) is 50.6 Å². The second kappa shape index (κ2) is 12.3. The number of nitrogens with one attached hydrogen (secondary N) is 2. The van der Waals surface area contributed by atoms with Gasteiger partial charge in [-0.15, -0.1) is 35.3 Å². The summed E-state index contributed by atoms with van der Waals surface area (Å²) in [5, 5.41) is 10.2. The third-order valence-corrected chi connectivity index (χ3v) is 5.91. The molecule has 0 bridgehead atoms. The topological polar surface area (TPSA) is 61.8 Å². The Balaban J connectivity index is 0.00000300. The molecule has 2 aromatic rings. The number of likely N-dealkylation sites (tertiary alicyclic amines) is 1. The fourth-order valence-corrected chi connectivity index (χ4v) is 4.25. The molecule has 1 saturated heterocycles. The third-order valence-electron chi connectivity index (χ3n) is 5.09. The molecule has 1 unspecified atom stereocenters. The lowest BCUT2D eigenvalue weighted by Gasteiger charge is -2.29. The van der Waals surface area contributed by atoms with E-state index in [2.05, 4.69) is 49.1 Å². The van der Waals surface area contributed by atoms with Crippen molar-refractivity contribution >= 4 is 41.3 Å². The minimum atomic E-state index is 0. The van der Waals surface area contributed by atoms with E-state index < -0.39 is 0 Å². The molecule has 1 aliphatic heterocycles. The van der Waals surface area contributed by atoms with E-state index in [0.29, 0.717) is 6.04 Å². The first-order valence-corrected chi connectivity index (χ1v) is 10.8. The predicted octanol–water partition coefficient (Wildman–Crippen LogP) is 3.62. The summed E-state index contributed by atoms with van der Waals surface area (Å²) >= 11 is 1.70. The van der Waals surface area contributed by atoms with Crippen molar-refractivity contribution in [2.24, 2.45) is 4.99 Å². The SMILES string of the molecule is CN=C(NCCc1csc(C)n1)NCC(c1cccc(OC)c1)N1CCCC1.I. The zero-order valence-electron chi connectivity index (χ0n) is 17.5. The number of aryl methyl sites for hydroxylation is 1. The zero-order valence-corrected chi connectivity index (χ0v) is 20.6. The Labute approximate surface area is 195 Å². The van der Waals surface area contributed by atoms with Gasteiger partial charge in [0.15, 0.2) is 5.96 Å². The van der Waals surface area contributed by atoms with Crippen LogP contribution in [0.5, 0.6) is 5.75 Å². The molecule has 1 fully saturated rings. The maximum Gasteiger partial charge on any atom is 0.191 e. The highest BCUT2D eigenvalue weighted by molar-refractivity contribution is 14.0. The molecule has 2 N–H and O–H groups in total. The van der Waals surface area contributed by atoms with Crippen LogP contribution in [0.3, 0.4) is 0 Å². The van der Waals surface area contributed by atoms with E-state index in [1.165, 1.54) is 18.4 Å². The quantitative estimate of drug-likeness (QED) is 0.311.